The summed E-state index contributed by atoms with van der Waals surface area (Å²) in [5, 5.41) is 0. The molecule has 19 heavy (non-hydrogen) atoms. The van der Waals surface area contributed by atoms with E-state index in [-0.39, 0.29) is 4.90 Å². The monoisotopic (exact) mass is 284 g/mol. The van der Waals surface area contributed by atoms with Crippen molar-refractivity contribution >= 4 is 10.0 Å². The summed E-state index contributed by atoms with van der Waals surface area (Å²) in [6.45, 7) is 3.24. The van der Waals surface area contributed by atoms with Gasteiger partial charge in [0.2, 0.25) is 10.0 Å². The standard InChI is InChI=1S/C13H20N2O3S/c1-13(6-3-7-18-13)10-15-19(16,17)12-5-2-4-11(8-12)9-14/h2,4-5,8,15H,3,6-7,9-10,14H2,1H3. The number of nitrogens with two attached hydrogens (primary N) is 1. The fourth-order valence-electron chi connectivity index (χ4n) is 2.15. The molecule has 5 nitrogen and oxygen atoms in total. The third-order valence-electron chi connectivity index (χ3n) is 3.38. The number of hydrogen-bond acceptors (Lipinski definition) is 4. The summed E-state index contributed by atoms with van der Waals surface area (Å²) >= 11 is 0. The van der Waals surface area contributed by atoms with Gasteiger partial charge in [-0.3, -0.25) is 0 Å². The Morgan fingerprint density at radius 1 is 1.47 bits per heavy atom. The summed E-state index contributed by atoms with van der Waals surface area (Å²) in [6, 6.07) is 6.67. The van der Waals surface area contributed by atoms with Gasteiger partial charge in [0.15, 0.2) is 0 Å². The molecule has 1 aromatic rings. The van der Waals surface area contributed by atoms with Gasteiger partial charge in [-0.2, -0.15) is 0 Å². The van der Waals surface area contributed by atoms with Crippen molar-refractivity contribution in [1.29, 1.82) is 0 Å². The number of ether oxygens (including phenoxy) is 1. The molecule has 1 aliphatic heterocycles. The quantitative estimate of drug-likeness (QED) is 0.845. The third-order valence-corrected chi connectivity index (χ3v) is 4.78. The van der Waals surface area contributed by atoms with Crippen LogP contribution in [0, 0.1) is 0 Å². The van der Waals surface area contributed by atoms with Gasteiger partial charge < -0.3 is 10.5 Å². The predicted molar refractivity (Wildman–Crippen MR) is 73.1 cm³/mol. The molecule has 1 fully saturated rings. The van der Waals surface area contributed by atoms with Gasteiger partial charge >= 0.3 is 0 Å². The fourth-order valence-corrected chi connectivity index (χ4v) is 3.37. The first-order chi connectivity index (χ1) is 8.95. The van der Waals surface area contributed by atoms with E-state index in [1.54, 1.807) is 24.3 Å². The van der Waals surface area contributed by atoms with Crippen LogP contribution in [0.5, 0.6) is 0 Å². The fraction of sp³-hybridized carbons (Fsp3) is 0.538. The minimum Gasteiger partial charge on any atom is -0.374 e. The average molecular weight is 284 g/mol. The van der Waals surface area contributed by atoms with Crippen LogP contribution in [-0.2, 0) is 21.3 Å². The first-order valence-corrected chi connectivity index (χ1v) is 7.86. The summed E-state index contributed by atoms with van der Waals surface area (Å²) < 4.78 is 32.6. The highest BCUT2D eigenvalue weighted by Gasteiger charge is 2.31. The van der Waals surface area contributed by atoms with Gasteiger partial charge in [-0.15, -0.1) is 0 Å². The Hall–Kier alpha value is -0.950. The molecule has 0 spiro atoms. The number of sulfonamides is 1. The Morgan fingerprint density at radius 2 is 2.26 bits per heavy atom. The topological polar surface area (TPSA) is 81.4 Å². The second-order valence-electron chi connectivity index (χ2n) is 5.08. The first kappa shape index (κ1) is 14.5. The lowest BCUT2D eigenvalue weighted by Gasteiger charge is -2.23. The minimum atomic E-state index is -3.50. The van der Waals surface area contributed by atoms with E-state index in [1.165, 1.54) is 0 Å². The molecule has 6 heteroatoms. The Morgan fingerprint density at radius 3 is 2.89 bits per heavy atom. The van der Waals surface area contributed by atoms with E-state index < -0.39 is 15.6 Å². The zero-order valence-corrected chi connectivity index (χ0v) is 11.9. The van der Waals surface area contributed by atoms with Gasteiger partial charge in [0.25, 0.3) is 0 Å². The Kier molecular flexibility index (Phi) is 4.25. The van der Waals surface area contributed by atoms with Crippen molar-refractivity contribution in [1.82, 2.24) is 4.72 Å². The van der Waals surface area contributed by atoms with E-state index in [2.05, 4.69) is 4.72 Å². The molecule has 1 aliphatic rings. The lowest BCUT2D eigenvalue weighted by atomic mass is 10.0. The number of hydrogen-bond donors (Lipinski definition) is 2. The molecule has 3 N–H and O–H groups in total. The number of nitrogens with one attached hydrogen (secondary N) is 1. The molecular weight excluding hydrogens is 264 g/mol. The van der Waals surface area contributed by atoms with Crippen molar-refractivity contribution in [2.24, 2.45) is 5.73 Å². The normalized spacial score (nSPS) is 23.7. The van der Waals surface area contributed by atoms with E-state index in [0.717, 1.165) is 18.4 Å². The van der Waals surface area contributed by atoms with Crippen LogP contribution >= 0.6 is 0 Å². The summed E-state index contributed by atoms with van der Waals surface area (Å²) in [4.78, 5) is 0.247. The van der Waals surface area contributed by atoms with Crippen LogP contribution in [0.3, 0.4) is 0 Å². The van der Waals surface area contributed by atoms with Crippen LogP contribution in [0.2, 0.25) is 0 Å². The maximum atomic E-state index is 12.2. The van der Waals surface area contributed by atoms with Crippen LogP contribution in [0.15, 0.2) is 29.2 Å². The van der Waals surface area contributed by atoms with Crippen LogP contribution in [0.25, 0.3) is 0 Å². The second kappa shape index (κ2) is 5.58. The highest BCUT2D eigenvalue weighted by Crippen LogP contribution is 2.24. The van der Waals surface area contributed by atoms with E-state index in [0.29, 0.717) is 19.7 Å². The molecule has 0 aliphatic carbocycles. The molecule has 2 rings (SSSR count). The van der Waals surface area contributed by atoms with E-state index in [4.69, 9.17) is 10.5 Å². The van der Waals surface area contributed by atoms with Crippen LogP contribution in [0.1, 0.15) is 25.3 Å². The molecule has 0 saturated carbocycles. The predicted octanol–water partition coefficient (Wildman–Crippen LogP) is 0.993. The highest BCUT2D eigenvalue weighted by molar-refractivity contribution is 7.89. The van der Waals surface area contributed by atoms with Crippen LogP contribution in [0.4, 0.5) is 0 Å². The molecule has 1 heterocycles. The Bertz CT molecular complexity index is 537. The first-order valence-electron chi connectivity index (χ1n) is 6.38. The maximum Gasteiger partial charge on any atom is 0.240 e. The van der Waals surface area contributed by atoms with E-state index in [1.807, 2.05) is 6.92 Å². The smallest absolute Gasteiger partial charge is 0.240 e. The summed E-state index contributed by atoms with van der Waals surface area (Å²) in [5.74, 6) is 0. The highest BCUT2D eigenvalue weighted by atomic mass is 32.2. The van der Waals surface area contributed by atoms with Gasteiger partial charge in [0.05, 0.1) is 10.5 Å². The number of benzene rings is 1. The molecule has 0 amide bonds. The van der Waals surface area contributed by atoms with Crippen molar-refractivity contribution in [2.75, 3.05) is 13.2 Å². The lowest BCUT2D eigenvalue weighted by molar-refractivity contribution is 0.0250. The molecule has 0 radical (unpaired) electrons. The summed E-state index contributed by atoms with van der Waals surface area (Å²) in [6.07, 6.45) is 1.85. The van der Waals surface area contributed by atoms with E-state index >= 15 is 0 Å². The largest absolute Gasteiger partial charge is 0.374 e. The van der Waals surface area contributed by atoms with Gasteiger partial charge in [0.1, 0.15) is 0 Å². The van der Waals surface area contributed by atoms with Crippen molar-refractivity contribution in [2.45, 2.75) is 36.8 Å². The van der Waals surface area contributed by atoms with E-state index in [9.17, 15) is 8.42 Å². The van der Waals surface area contributed by atoms with Crippen molar-refractivity contribution in [3.05, 3.63) is 29.8 Å². The van der Waals surface area contributed by atoms with Crippen molar-refractivity contribution < 1.29 is 13.2 Å². The zero-order chi connectivity index (χ0) is 13.9. The van der Waals surface area contributed by atoms with Gasteiger partial charge in [-0.1, -0.05) is 12.1 Å². The number of rotatable bonds is 5. The van der Waals surface area contributed by atoms with Crippen LogP contribution in [-0.4, -0.2) is 27.2 Å². The molecule has 1 unspecified atom stereocenters. The summed E-state index contributed by atoms with van der Waals surface area (Å²) in [7, 11) is -3.50. The Labute approximate surface area is 114 Å². The maximum absolute atomic E-state index is 12.2. The van der Waals surface area contributed by atoms with Gasteiger partial charge in [-0.05, 0) is 37.5 Å². The molecule has 0 aromatic heterocycles. The molecular formula is C13H20N2O3S. The zero-order valence-electron chi connectivity index (χ0n) is 11.1. The second-order valence-corrected chi connectivity index (χ2v) is 6.84. The van der Waals surface area contributed by atoms with Crippen molar-refractivity contribution in [3.8, 4) is 0 Å². The molecule has 106 valence electrons. The van der Waals surface area contributed by atoms with Gasteiger partial charge in [-0.25, -0.2) is 13.1 Å². The Balaban J connectivity index is 2.09. The molecule has 1 saturated heterocycles. The lowest BCUT2D eigenvalue weighted by Crippen LogP contribution is -2.40. The summed E-state index contributed by atoms with van der Waals surface area (Å²) in [5.41, 5.74) is 5.93. The average Bonchev–Trinajstić information content (AvgIpc) is 2.84. The van der Waals surface area contributed by atoms with Crippen molar-refractivity contribution in [3.63, 3.8) is 0 Å². The molecule has 0 bridgehead atoms. The van der Waals surface area contributed by atoms with Gasteiger partial charge in [0, 0.05) is 19.7 Å². The molecule has 1 atom stereocenters. The molecule has 1 aromatic carbocycles. The van der Waals surface area contributed by atoms with Crippen LogP contribution < -0.4 is 10.5 Å². The SMILES string of the molecule is CC1(CNS(=O)(=O)c2cccc(CN)c2)CCCO1. The third kappa shape index (κ3) is 3.54. The minimum absolute atomic E-state index is 0.247.